The van der Waals surface area contributed by atoms with Crippen LogP contribution in [-0.2, 0) is 4.74 Å². The Kier molecular flexibility index (Phi) is 8.00. The van der Waals surface area contributed by atoms with Crippen molar-refractivity contribution in [2.45, 2.75) is 64.5 Å². The number of likely N-dealkylation sites (tertiary alicyclic amines) is 1. The van der Waals surface area contributed by atoms with E-state index in [0.29, 0.717) is 41.7 Å². The topological polar surface area (TPSA) is 60.0 Å². The molecular formula is C24H38N2O4. The Morgan fingerprint density at radius 3 is 2.63 bits per heavy atom. The average molecular weight is 419 g/mol. The van der Waals surface area contributed by atoms with Gasteiger partial charge in [0.2, 0.25) is 0 Å². The Labute approximate surface area is 181 Å². The Morgan fingerprint density at radius 1 is 1.20 bits per heavy atom. The normalized spacial score (nSPS) is 22.5. The monoisotopic (exact) mass is 418 g/mol. The van der Waals surface area contributed by atoms with Crippen LogP contribution in [0.5, 0.6) is 11.5 Å². The molecule has 0 unspecified atom stereocenters. The molecule has 168 valence electrons. The Hall–Kier alpha value is -1.79. The van der Waals surface area contributed by atoms with Gasteiger partial charge in [-0.25, -0.2) is 0 Å². The summed E-state index contributed by atoms with van der Waals surface area (Å²) < 4.78 is 16.7. The molecule has 0 spiro atoms. The molecule has 30 heavy (non-hydrogen) atoms. The summed E-state index contributed by atoms with van der Waals surface area (Å²) in [5.41, 5.74) is 1.01. The smallest absolute Gasteiger partial charge is 0.255 e. The molecule has 6 heteroatoms. The van der Waals surface area contributed by atoms with Gasteiger partial charge in [-0.15, -0.1) is 0 Å². The van der Waals surface area contributed by atoms with Crippen molar-refractivity contribution >= 4 is 5.91 Å². The molecule has 6 nitrogen and oxygen atoms in total. The number of nitrogens with one attached hydrogen (secondary N) is 1. The molecule has 1 aromatic rings. The van der Waals surface area contributed by atoms with Crippen LogP contribution < -0.4 is 14.8 Å². The molecular weight excluding hydrogens is 380 g/mol. The lowest BCUT2D eigenvalue weighted by molar-refractivity contribution is 0.0394. The molecule has 1 aromatic carbocycles. The van der Waals surface area contributed by atoms with Crippen molar-refractivity contribution < 1.29 is 19.0 Å². The maximum atomic E-state index is 12.6. The van der Waals surface area contributed by atoms with Crippen LogP contribution >= 0.6 is 0 Å². The fourth-order valence-corrected chi connectivity index (χ4v) is 4.78. The third kappa shape index (κ3) is 6.11. The van der Waals surface area contributed by atoms with Crippen LogP contribution in [0.3, 0.4) is 0 Å². The molecule has 1 atom stereocenters. The molecule has 1 amide bonds. The first-order valence-electron chi connectivity index (χ1n) is 11.3. The molecule has 1 aliphatic carbocycles. The summed E-state index contributed by atoms with van der Waals surface area (Å²) in [6, 6.07) is 6.09. The minimum Gasteiger partial charge on any atom is -0.497 e. The van der Waals surface area contributed by atoms with Crippen LogP contribution in [0.4, 0.5) is 0 Å². The minimum absolute atomic E-state index is 0.121. The third-order valence-electron chi connectivity index (χ3n) is 6.49. The van der Waals surface area contributed by atoms with Gasteiger partial charge >= 0.3 is 0 Å². The zero-order valence-electron chi connectivity index (χ0n) is 19.0. The van der Waals surface area contributed by atoms with Crippen LogP contribution in [0.15, 0.2) is 18.2 Å². The van der Waals surface area contributed by atoms with E-state index in [0.717, 1.165) is 25.9 Å². The number of benzene rings is 1. The van der Waals surface area contributed by atoms with Crippen molar-refractivity contribution in [2.75, 3.05) is 40.5 Å². The highest BCUT2D eigenvalue weighted by Gasteiger charge is 2.33. The van der Waals surface area contributed by atoms with E-state index >= 15 is 0 Å². The first-order valence-corrected chi connectivity index (χ1v) is 11.3. The lowest BCUT2D eigenvalue weighted by Crippen LogP contribution is -2.47. The van der Waals surface area contributed by atoms with Gasteiger partial charge in [-0.3, -0.25) is 4.79 Å². The van der Waals surface area contributed by atoms with Gasteiger partial charge in [-0.2, -0.15) is 0 Å². The van der Waals surface area contributed by atoms with Gasteiger partial charge in [0.25, 0.3) is 5.91 Å². The predicted octanol–water partition coefficient (Wildman–Crippen LogP) is 3.88. The second kappa shape index (κ2) is 10.5. The maximum absolute atomic E-state index is 12.6. The number of hydrogen-bond acceptors (Lipinski definition) is 5. The van der Waals surface area contributed by atoms with Gasteiger partial charge in [0.15, 0.2) is 0 Å². The standard InChI is InChI=1S/C24H38N2O4/c1-24(2)11-5-6-18(17-24)26-13-9-19(10-14-26)30-22-16-20(29-4)7-8-21(22)23(27)25-12-15-28-3/h7-8,16,18-19H,5-6,9-15,17H2,1-4H3,(H,25,27)/t18-/m1/s1. The molecule has 1 saturated heterocycles. The number of amides is 1. The number of ether oxygens (including phenoxy) is 3. The first kappa shape index (κ1) is 22.9. The van der Waals surface area contributed by atoms with Crippen molar-refractivity contribution in [3.05, 3.63) is 23.8 Å². The van der Waals surface area contributed by atoms with E-state index in [1.54, 1.807) is 26.4 Å². The summed E-state index contributed by atoms with van der Waals surface area (Å²) in [7, 11) is 3.25. The van der Waals surface area contributed by atoms with E-state index in [9.17, 15) is 4.79 Å². The van der Waals surface area contributed by atoms with Crippen molar-refractivity contribution in [1.29, 1.82) is 0 Å². The van der Waals surface area contributed by atoms with Crippen LogP contribution in [0.2, 0.25) is 0 Å². The quantitative estimate of drug-likeness (QED) is 0.649. The molecule has 1 N–H and O–H groups in total. The highest BCUT2D eigenvalue weighted by Crippen LogP contribution is 2.38. The van der Waals surface area contributed by atoms with E-state index in [2.05, 4.69) is 24.1 Å². The largest absolute Gasteiger partial charge is 0.497 e. The van der Waals surface area contributed by atoms with E-state index in [-0.39, 0.29) is 12.0 Å². The van der Waals surface area contributed by atoms with Gasteiger partial charge in [0.05, 0.1) is 19.3 Å². The van der Waals surface area contributed by atoms with Crippen molar-refractivity contribution in [2.24, 2.45) is 5.41 Å². The summed E-state index contributed by atoms with van der Waals surface area (Å²) in [6.45, 7) is 7.87. The second-order valence-electron chi connectivity index (χ2n) is 9.38. The lowest BCUT2D eigenvalue weighted by atomic mass is 9.74. The Balaban J connectivity index is 1.60. The average Bonchev–Trinajstić information content (AvgIpc) is 2.73. The Morgan fingerprint density at radius 2 is 1.97 bits per heavy atom. The molecule has 0 aromatic heterocycles. The summed E-state index contributed by atoms with van der Waals surface area (Å²) >= 11 is 0. The number of carbonyl (C=O) groups is 1. The van der Waals surface area contributed by atoms with E-state index in [1.807, 2.05) is 6.07 Å². The summed E-state index contributed by atoms with van der Waals surface area (Å²) in [6.07, 6.45) is 7.37. The Bertz CT molecular complexity index is 698. The third-order valence-corrected chi connectivity index (χ3v) is 6.49. The fourth-order valence-electron chi connectivity index (χ4n) is 4.78. The van der Waals surface area contributed by atoms with Crippen LogP contribution in [0.1, 0.15) is 62.7 Å². The molecule has 1 heterocycles. The summed E-state index contributed by atoms with van der Waals surface area (Å²) in [4.78, 5) is 15.3. The zero-order chi connectivity index (χ0) is 21.6. The number of piperidine rings is 1. The van der Waals surface area contributed by atoms with Gasteiger partial charge in [0.1, 0.15) is 17.6 Å². The molecule has 3 rings (SSSR count). The maximum Gasteiger partial charge on any atom is 0.255 e. The molecule has 0 bridgehead atoms. The molecule has 0 radical (unpaired) electrons. The SMILES string of the molecule is COCCNC(=O)c1ccc(OC)cc1OC1CCN([C@@H]2CCCC(C)(C)C2)CC1. The molecule has 2 fully saturated rings. The van der Waals surface area contributed by atoms with Crippen LogP contribution in [0, 0.1) is 5.41 Å². The van der Waals surface area contributed by atoms with E-state index in [4.69, 9.17) is 14.2 Å². The van der Waals surface area contributed by atoms with Crippen molar-refractivity contribution in [1.82, 2.24) is 10.2 Å². The van der Waals surface area contributed by atoms with Gasteiger partial charge in [0, 0.05) is 38.9 Å². The zero-order valence-corrected chi connectivity index (χ0v) is 19.0. The number of carbonyl (C=O) groups excluding carboxylic acids is 1. The first-order chi connectivity index (χ1) is 14.4. The van der Waals surface area contributed by atoms with Gasteiger partial charge in [-0.05, 0) is 49.7 Å². The molecule has 1 aliphatic heterocycles. The fraction of sp³-hybridized carbons (Fsp3) is 0.708. The predicted molar refractivity (Wildman–Crippen MR) is 118 cm³/mol. The number of hydrogen-bond donors (Lipinski definition) is 1. The highest BCUT2D eigenvalue weighted by molar-refractivity contribution is 5.97. The van der Waals surface area contributed by atoms with E-state index < -0.39 is 0 Å². The van der Waals surface area contributed by atoms with Crippen LogP contribution in [-0.4, -0.2) is 63.4 Å². The summed E-state index contributed by atoms with van der Waals surface area (Å²) in [5, 5.41) is 2.88. The highest BCUT2D eigenvalue weighted by atomic mass is 16.5. The number of nitrogens with zero attached hydrogens (tertiary/aromatic N) is 1. The minimum atomic E-state index is -0.147. The second-order valence-corrected chi connectivity index (χ2v) is 9.38. The molecule has 1 saturated carbocycles. The summed E-state index contributed by atoms with van der Waals surface area (Å²) in [5.74, 6) is 1.15. The molecule has 2 aliphatic rings. The lowest BCUT2D eigenvalue weighted by Gasteiger charge is -2.44. The van der Waals surface area contributed by atoms with Gasteiger partial charge in [-0.1, -0.05) is 20.3 Å². The van der Waals surface area contributed by atoms with Crippen LogP contribution in [0.25, 0.3) is 0 Å². The number of rotatable bonds is 8. The van der Waals surface area contributed by atoms with Crippen molar-refractivity contribution in [3.63, 3.8) is 0 Å². The van der Waals surface area contributed by atoms with E-state index in [1.165, 1.54) is 25.7 Å². The number of methoxy groups -OCH3 is 2. The van der Waals surface area contributed by atoms with Gasteiger partial charge < -0.3 is 24.4 Å². The van der Waals surface area contributed by atoms with Crippen molar-refractivity contribution in [3.8, 4) is 11.5 Å².